The Morgan fingerprint density at radius 2 is 1.08 bits per heavy atom. The highest BCUT2D eigenvalue weighted by atomic mass is 32.1. The number of hydrogen-bond acceptors (Lipinski definition) is 4. The first-order valence-electron chi connectivity index (χ1n) is 17.8. The fourth-order valence-electron chi connectivity index (χ4n) is 8.51. The second-order valence-electron chi connectivity index (χ2n) is 13.7. The van der Waals surface area contributed by atoms with E-state index in [0.717, 1.165) is 49.6 Å². The molecule has 0 spiro atoms. The van der Waals surface area contributed by atoms with Crippen molar-refractivity contribution in [3.05, 3.63) is 164 Å². The average Bonchev–Trinajstić information content (AvgIpc) is 3.91. The van der Waals surface area contributed by atoms with Gasteiger partial charge in [0.1, 0.15) is 5.58 Å². The average molecular weight is 694 g/mol. The molecular weight excluding hydrogens is 667 g/mol. The van der Waals surface area contributed by atoms with Gasteiger partial charge in [-0.1, -0.05) is 152 Å². The van der Waals surface area contributed by atoms with Crippen LogP contribution in [0.2, 0.25) is 0 Å². The Kier molecular flexibility index (Phi) is 5.90. The lowest BCUT2D eigenvalue weighted by Gasteiger charge is -2.12. The van der Waals surface area contributed by atoms with Crippen LogP contribution in [0, 0.1) is 0 Å². The predicted octanol–water partition coefficient (Wildman–Crippen LogP) is 13.5. The van der Waals surface area contributed by atoms with Crippen LogP contribution >= 0.6 is 11.3 Å². The molecule has 0 amide bonds. The number of nitrogens with zero attached hydrogens (tertiary/aromatic N) is 3. The Hall–Kier alpha value is -6.82. The summed E-state index contributed by atoms with van der Waals surface area (Å²) in [5.41, 5.74) is 7.76. The third-order valence-corrected chi connectivity index (χ3v) is 12.0. The molecule has 12 rings (SSSR count). The predicted molar refractivity (Wildman–Crippen MR) is 222 cm³/mol. The molecule has 53 heavy (non-hydrogen) atoms. The summed E-state index contributed by atoms with van der Waals surface area (Å²) in [5.74, 6) is 0.587. The Balaban J connectivity index is 1.27. The molecule has 0 atom stereocenters. The van der Waals surface area contributed by atoms with Gasteiger partial charge in [0.05, 0.1) is 26.8 Å². The van der Waals surface area contributed by atoms with Crippen molar-refractivity contribution < 1.29 is 4.42 Å². The second-order valence-corrected chi connectivity index (χ2v) is 14.7. The monoisotopic (exact) mass is 693 g/mol. The van der Waals surface area contributed by atoms with E-state index in [1.54, 1.807) is 0 Å². The van der Waals surface area contributed by atoms with E-state index in [2.05, 4.69) is 150 Å². The number of benzene rings is 8. The molecule has 0 bridgehead atoms. The minimum atomic E-state index is 0.571. The van der Waals surface area contributed by atoms with Crippen LogP contribution in [-0.4, -0.2) is 14.5 Å². The van der Waals surface area contributed by atoms with Crippen LogP contribution in [-0.2, 0) is 0 Å². The molecule has 0 saturated carbocycles. The van der Waals surface area contributed by atoms with Crippen LogP contribution in [0.25, 0.3) is 114 Å². The summed E-state index contributed by atoms with van der Waals surface area (Å²) in [5, 5.41) is 11.6. The summed E-state index contributed by atoms with van der Waals surface area (Å²) in [6.45, 7) is 0. The highest BCUT2D eigenvalue weighted by Gasteiger charge is 2.26. The van der Waals surface area contributed by atoms with E-state index in [4.69, 9.17) is 14.4 Å². The van der Waals surface area contributed by atoms with Crippen LogP contribution in [0.15, 0.2) is 168 Å². The molecule has 0 unspecified atom stereocenters. The lowest BCUT2D eigenvalue weighted by molar-refractivity contribution is 0.651. The summed E-state index contributed by atoms with van der Waals surface area (Å²) in [6, 6.07) is 58.2. The van der Waals surface area contributed by atoms with Gasteiger partial charge in [0.25, 0.3) is 0 Å². The van der Waals surface area contributed by atoms with Gasteiger partial charge in [0.2, 0.25) is 11.7 Å². The normalized spacial score (nSPS) is 12.2. The van der Waals surface area contributed by atoms with Gasteiger partial charge in [-0.25, -0.2) is 4.98 Å². The van der Waals surface area contributed by atoms with E-state index in [1.165, 1.54) is 52.7 Å². The standard InChI is InChI=1S/C48H27N3OS/c1-2-12-28(13-3-1)29-22-24-31(25-23-29)43-42-35-18-8-10-20-38(35)52-47(42)50-48(49-43)51-44-32-15-5-4-14-30(32)26-27-37(44)40-33-16-6-7-17-34(33)41-36-19-9-11-21-39(36)53-46(41)45(40)51/h1-27H. The molecule has 0 radical (unpaired) electrons. The van der Waals surface area contributed by atoms with Gasteiger partial charge in [-0.3, -0.25) is 4.57 Å². The lowest BCUT2D eigenvalue weighted by atomic mass is 9.98. The molecule has 0 aliphatic rings. The maximum absolute atomic E-state index is 6.60. The third-order valence-electron chi connectivity index (χ3n) is 10.8. The molecule has 0 N–H and O–H groups in total. The topological polar surface area (TPSA) is 43.9 Å². The summed E-state index contributed by atoms with van der Waals surface area (Å²) in [7, 11) is 0. The molecular formula is C48H27N3OS. The molecule has 5 heteroatoms. The fourth-order valence-corrected chi connectivity index (χ4v) is 9.77. The minimum Gasteiger partial charge on any atom is -0.437 e. The van der Waals surface area contributed by atoms with Crippen molar-refractivity contribution >= 4 is 96.9 Å². The number of fused-ring (bicyclic) bond motifs is 15. The van der Waals surface area contributed by atoms with Crippen LogP contribution < -0.4 is 0 Å². The van der Waals surface area contributed by atoms with Crippen molar-refractivity contribution in [1.29, 1.82) is 0 Å². The van der Waals surface area contributed by atoms with E-state index in [0.29, 0.717) is 11.7 Å². The molecule has 0 fully saturated rings. The zero-order valence-corrected chi connectivity index (χ0v) is 29.1. The minimum absolute atomic E-state index is 0.571. The Morgan fingerprint density at radius 1 is 0.434 bits per heavy atom. The van der Waals surface area contributed by atoms with E-state index in [1.807, 2.05) is 29.5 Å². The summed E-state index contributed by atoms with van der Waals surface area (Å²) in [6.07, 6.45) is 0. The number of aromatic nitrogens is 3. The number of hydrogen-bond donors (Lipinski definition) is 0. The first-order chi connectivity index (χ1) is 26.3. The Labute approximate surface area is 306 Å². The number of furan rings is 1. The smallest absolute Gasteiger partial charge is 0.238 e. The zero-order valence-electron chi connectivity index (χ0n) is 28.2. The molecule has 0 saturated heterocycles. The van der Waals surface area contributed by atoms with E-state index in [-0.39, 0.29) is 0 Å². The molecule has 4 nitrogen and oxygen atoms in total. The zero-order chi connectivity index (χ0) is 34.6. The van der Waals surface area contributed by atoms with Gasteiger partial charge in [-0.2, -0.15) is 4.98 Å². The number of thiophene rings is 1. The SMILES string of the molecule is c1ccc(-c2ccc(-c3nc(-n4c5c6ccccc6ccc5c5c6ccccc6c6c7ccccc7sc6c54)nc4oc5ccccc5c34)cc2)cc1. The van der Waals surface area contributed by atoms with E-state index < -0.39 is 0 Å². The van der Waals surface area contributed by atoms with Gasteiger partial charge in [0, 0.05) is 42.6 Å². The highest BCUT2D eigenvalue weighted by Crippen LogP contribution is 2.49. The largest absolute Gasteiger partial charge is 0.437 e. The highest BCUT2D eigenvalue weighted by molar-refractivity contribution is 7.27. The Morgan fingerprint density at radius 3 is 1.91 bits per heavy atom. The fraction of sp³-hybridized carbons (Fsp3) is 0. The van der Waals surface area contributed by atoms with Gasteiger partial charge >= 0.3 is 0 Å². The molecule has 4 aromatic heterocycles. The maximum Gasteiger partial charge on any atom is 0.238 e. The third kappa shape index (κ3) is 4.05. The van der Waals surface area contributed by atoms with Gasteiger partial charge in [-0.15, -0.1) is 11.3 Å². The first kappa shape index (κ1) is 28.8. The molecule has 12 aromatic rings. The number of para-hydroxylation sites is 1. The second kappa shape index (κ2) is 10.8. The molecule has 246 valence electrons. The van der Waals surface area contributed by atoms with E-state index >= 15 is 0 Å². The van der Waals surface area contributed by atoms with E-state index in [9.17, 15) is 0 Å². The van der Waals surface area contributed by atoms with Crippen LogP contribution in [0.4, 0.5) is 0 Å². The van der Waals surface area contributed by atoms with Crippen LogP contribution in [0.1, 0.15) is 0 Å². The molecule has 4 heterocycles. The summed E-state index contributed by atoms with van der Waals surface area (Å²) < 4.78 is 11.4. The Bertz CT molecular complexity index is 3450. The quantitative estimate of drug-likeness (QED) is 0.185. The van der Waals surface area contributed by atoms with Crippen molar-refractivity contribution in [2.24, 2.45) is 0 Å². The maximum atomic E-state index is 6.60. The van der Waals surface area contributed by atoms with Gasteiger partial charge in [0.15, 0.2) is 0 Å². The van der Waals surface area contributed by atoms with Crippen molar-refractivity contribution in [3.8, 4) is 28.3 Å². The van der Waals surface area contributed by atoms with Crippen molar-refractivity contribution in [2.75, 3.05) is 0 Å². The lowest BCUT2D eigenvalue weighted by Crippen LogP contribution is -2.03. The van der Waals surface area contributed by atoms with Gasteiger partial charge in [-0.05, 0) is 39.4 Å². The van der Waals surface area contributed by atoms with Crippen molar-refractivity contribution in [2.45, 2.75) is 0 Å². The molecule has 0 aliphatic heterocycles. The van der Waals surface area contributed by atoms with Crippen LogP contribution in [0.5, 0.6) is 0 Å². The van der Waals surface area contributed by atoms with Crippen molar-refractivity contribution in [3.63, 3.8) is 0 Å². The molecule has 0 aliphatic carbocycles. The van der Waals surface area contributed by atoms with Gasteiger partial charge < -0.3 is 4.42 Å². The summed E-state index contributed by atoms with van der Waals surface area (Å²) in [4.78, 5) is 10.9. The number of rotatable bonds is 3. The van der Waals surface area contributed by atoms with Crippen LogP contribution in [0.3, 0.4) is 0 Å². The summed E-state index contributed by atoms with van der Waals surface area (Å²) >= 11 is 1.84. The van der Waals surface area contributed by atoms with Crippen molar-refractivity contribution in [1.82, 2.24) is 14.5 Å². The first-order valence-corrected chi connectivity index (χ1v) is 18.7. The molecule has 8 aromatic carbocycles.